The van der Waals surface area contributed by atoms with Gasteiger partial charge in [-0.15, -0.1) is 0 Å². The predicted molar refractivity (Wildman–Crippen MR) is 61.7 cm³/mol. The van der Waals surface area contributed by atoms with E-state index in [0.717, 1.165) is 5.65 Å². The van der Waals surface area contributed by atoms with Gasteiger partial charge in [-0.3, -0.25) is 14.2 Å². The molecule has 0 unspecified atom stereocenters. The first-order chi connectivity index (χ1) is 7.68. The molecule has 5 nitrogen and oxygen atoms in total. The van der Waals surface area contributed by atoms with Gasteiger partial charge in [0, 0.05) is 24.6 Å². The number of imidazole rings is 1. The van der Waals surface area contributed by atoms with E-state index in [0.29, 0.717) is 17.2 Å². The van der Waals surface area contributed by atoms with Crippen LogP contribution in [0.4, 0.5) is 0 Å². The van der Waals surface area contributed by atoms with Crippen molar-refractivity contribution in [2.45, 2.75) is 19.9 Å². The minimum absolute atomic E-state index is 0.0897. The average Bonchev–Trinajstić information content (AvgIpc) is 2.80. The topological polar surface area (TPSA) is 55.1 Å². The van der Waals surface area contributed by atoms with E-state index in [1.54, 1.807) is 6.20 Å². The maximum absolute atomic E-state index is 11.8. The number of hydrogen-bond donors (Lipinski definition) is 1. The molecule has 0 saturated carbocycles. The van der Waals surface area contributed by atoms with E-state index in [1.165, 1.54) is 0 Å². The van der Waals surface area contributed by atoms with E-state index in [2.05, 4.69) is 28.4 Å². The lowest BCUT2D eigenvalue weighted by molar-refractivity contribution is 0.615. The highest BCUT2D eigenvalue weighted by atomic mass is 16.1. The van der Waals surface area contributed by atoms with E-state index >= 15 is 0 Å². The first-order valence-electron chi connectivity index (χ1n) is 5.24. The number of H-pyrrole nitrogens is 1. The molecule has 1 N–H and O–H groups in total. The number of aromatic nitrogens is 4. The van der Waals surface area contributed by atoms with Crippen LogP contribution in [0.25, 0.3) is 16.8 Å². The maximum Gasteiger partial charge on any atom is 0.261 e. The fourth-order valence-electron chi connectivity index (χ4n) is 2.02. The third kappa shape index (κ3) is 1.05. The van der Waals surface area contributed by atoms with Crippen LogP contribution in [0.2, 0.25) is 0 Å². The third-order valence-electron chi connectivity index (χ3n) is 2.78. The lowest BCUT2D eigenvalue weighted by Crippen LogP contribution is -2.11. The van der Waals surface area contributed by atoms with Gasteiger partial charge in [-0.05, 0) is 19.9 Å². The van der Waals surface area contributed by atoms with Gasteiger partial charge in [0.15, 0.2) is 0 Å². The van der Waals surface area contributed by atoms with Gasteiger partial charge in [0.05, 0.1) is 5.39 Å². The Bertz CT molecular complexity index is 716. The summed E-state index contributed by atoms with van der Waals surface area (Å²) in [6.07, 6.45) is 5.47. The molecule has 5 heteroatoms. The highest BCUT2D eigenvalue weighted by molar-refractivity contribution is 5.77. The average molecular weight is 216 g/mol. The van der Waals surface area contributed by atoms with Crippen LogP contribution in [0.3, 0.4) is 0 Å². The molecule has 3 heterocycles. The first kappa shape index (κ1) is 9.21. The molecule has 0 aliphatic rings. The summed E-state index contributed by atoms with van der Waals surface area (Å²) in [5.41, 5.74) is 0.805. The number of aromatic amines is 1. The van der Waals surface area contributed by atoms with Crippen LogP contribution in [-0.2, 0) is 0 Å². The van der Waals surface area contributed by atoms with Gasteiger partial charge in [-0.1, -0.05) is 0 Å². The van der Waals surface area contributed by atoms with Crippen molar-refractivity contribution in [3.8, 4) is 0 Å². The largest absolute Gasteiger partial charge is 0.331 e. The molecule has 0 bridgehead atoms. The lowest BCUT2D eigenvalue weighted by Gasteiger charge is -2.09. The molecule has 0 saturated heterocycles. The van der Waals surface area contributed by atoms with Crippen LogP contribution in [-0.4, -0.2) is 18.9 Å². The second-order valence-corrected chi connectivity index (χ2v) is 4.13. The molecule has 0 aliphatic carbocycles. The Morgan fingerprint density at radius 1 is 1.38 bits per heavy atom. The molecule has 0 fully saturated rings. The van der Waals surface area contributed by atoms with Gasteiger partial charge in [0.25, 0.3) is 5.56 Å². The lowest BCUT2D eigenvalue weighted by atomic mass is 10.4. The second-order valence-electron chi connectivity index (χ2n) is 4.13. The van der Waals surface area contributed by atoms with E-state index in [9.17, 15) is 4.79 Å². The minimum atomic E-state index is -0.0897. The van der Waals surface area contributed by atoms with E-state index in [4.69, 9.17) is 0 Å². The molecule has 3 aromatic heterocycles. The van der Waals surface area contributed by atoms with Crippen molar-refractivity contribution in [3.05, 3.63) is 35.0 Å². The Morgan fingerprint density at radius 3 is 2.94 bits per heavy atom. The molecular formula is C11H12N4O. The molecule has 0 radical (unpaired) electrons. The summed E-state index contributed by atoms with van der Waals surface area (Å²) >= 11 is 0. The summed E-state index contributed by atoms with van der Waals surface area (Å²) in [7, 11) is 0. The smallest absolute Gasteiger partial charge is 0.261 e. The zero-order valence-electron chi connectivity index (χ0n) is 9.14. The second kappa shape index (κ2) is 2.98. The Labute approximate surface area is 91.3 Å². The summed E-state index contributed by atoms with van der Waals surface area (Å²) in [6, 6.07) is 2.15. The fourth-order valence-corrected chi connectivity index (χ4v) is 2.02. The van der Waals surface area contributed by atoms with Crippen molar-refractivity contribution < 1.29 is 0 Å². The molecule has 3 rings (SSSR count). The molecule has 0 spiro atoms. The Hall–Kier alpha value is -2.04. The Balaban J connectivity index is 2.61. The fraction of sp³-hybridized carbons (Fsp3) is 0.273. The van der Waals surface area contributed by atoms with Crippen LogP contribution >= 0.6 is 0 Å². The quantitative estimate of drug-likeness (QED) is 0.671. The summed E-state index contributed by atoms with van der Waals surface area (Å²) in [5, 5.41) is 0.694. The monoisotopic (exact) mass is 216 g/mol. The van der Waals surface area contributed by atoms with Crippen LogP contribution < -0.4 is 5.56 Å². The SMILES string of the molecule is CC(C)n1ccc2c(=O)[nH]c3nccn3c21. The third-order valence-corrected chi connectivity index (χ3v) is 2.78. The minimum Gasteiger partial charge on any atom is -0.331 e. The highest BCUT2D eigenvalue weighted by Crippen LogP contribution is 2.17. The van der Waals surface area contributed by atoms with Gasteiger partial charge in [-0.2, -0.15) is 0 Å². The van der Waals surface area contributed by atoms with Gasteiger partial charge in [-0.25, -0.2) is 4.98 Å². The number of fused-ring (bicyclic) bond motifs is 3. The summed E-state index contributed by atoms with van der Waals surface area (Å²) < 4.78 is 3.97. The normalized spacial score (nSPS) is 11.9. The van der Waals surface area contributed by atoms with Crippen molar-refractivity contribution in [1.29, 1.82) is 0 Å². The molecule has 82 valence electrons. The molecule has 16 heavy (non-hydrogen) atoms. The van der Waals surface area contributed by atoms with Gasteiger partial charge < -0.3 is 4.57 Å². The summed E-state index contributed by atoms with van der Waals surface area (Å²) in [6.45, 7) is 4.17. The Kier molecular flexibility index (Phi) is 1.71. The van der Waals surface area contributed by atoms with Crippen molar-refractivity contribution in [2.24, 2.45) is 0 Å². The van der Waals surface area contributed by atoms with Crippen LogP contribution in [0.1, 0.15) is 19.9 Å². The van der Waals surface area contributed by atoms with Crippen molar-refractivity contribution in [1.82, 2.24) is 18.9 Å². The summed E-state index contributed by atoms with van der Waals surface area (Å²) in [4.78, 5) is 18.7. The van der Waals surface area contributed by atoms with E-state index < -0.39 is 0 Å². The zero-order chi connectivity index (χ0) is 11.3. The van der Waals surface area contributed by atoms with Crippen LogP contribution in [0.5, 0.6) is 0 Å². The van der Waals surface area contributed by atoms with Gasteiger partial charge in [0.2, 0.25) is 5.78 Å². The summed E-state index contributed by atoms with van der Waals surface area (Å²) in [5.74, 6) is 0.582. The number of hydrogen-bond acceptors (Lipinski definition) is 2. The molecule has 0 amide bonds. The molecule has 0 aliphatic heterocycles. The standard InChI is InChI=1S/C11H12N4O/c1-7(2)14-5-3-8-9(16)13-11-12-4-6-15(11)10(8)14/h3-7H,1-2H3,(H,12,13,16). The number of rotatable bonds is 1. The van der Waals surface area contributed by atoms with E-state index in [-0.39, 0.29) is 5.56 Å². The van der Waals surface area contributed by atoms with E-state index in [1.807, 2.05) is 22.9 Å². The van der Waals surface area contributed by atoms with Gasteiger partial charge >= 0.3 is 0 Å². The number of nitrogens with zero attached hydrogens (tertiary/aromatic N) is 3. The maximum atomic E-state index is 11.8. The van der Waals surface area contributed by atoms with Crippen LogP contribution in [0, 0.1) is 0 Å². The first-order valence-corrected chi connectivity index (χ1v) is 5.24. The Morgan fingerprint density at radius 2 is 2.19 bits per heavy atom. The van der Waals surface area contributed by atoms with Crippen LogP contribution in [0.15, 0.2) is 29.5 Å². The predicted octanol–water partition coefficient (Wildman–Crippen LogP) is 1.56. The van der Waals surface area contributed by atoms with Crippen molar-refractivity contribution in [2.75, 3.05) is 0 Å². The molecule has 3 aromatic rings. The van der Waals surface area contributed by atoms with Crippen molar-refractivity contribution >= 4 is 16.8 Å². The molecular weight excluding hydrogens is 204 g/mol. The van der Waals surface area contributed by atoms with Gasteiger partial charge in [0.1, 0.15) is 5.65 Å². The van der Waals surface area contributed by atoms with Crippen molar-refractivity contribution in [3.63, 3.8) is 0 Å². The number of nitrogens with one attached hydrogen (secondary N) is 1. The molecule has 0 aromatic carbocycles. The molecule has 0 atom stereocenters. The zero-order valence-corrected chi connectivity index (χ0v) is 9.14. The highest BCUT2D eigenvalue weighted by Gasteiger charge is 2.11.